The summed E-state index contributed by atoms with van der Waals surface area (Å²) in [5, 5.41) is 0. The fourth-order valence-corrected chi connectivity index (χ4v) is 1.68. The monoisotopic (exact) mass is 301 g/mol. The molecule has 1 amide bonds. The molecule has 0 aliphatic carbocycles. The van der Waals surface area contributed by atoms with Crippen molar-refractivity contribution in [2.75, 3.05) is 33.7 Å². The number of piperidine rings is 1. The standard InChI is InChI=1S/C10H19N2O.2Co/c1-4-12(3)10(13)9-5-7-11(2)8-6-9;;/h9H,1,4-8H2,2-3H3;;/q-1;;. The molecule has 1 fully saturated rings. The fraction of sp³-hybridized carbons (Fsp3) is 0.800. The van der Waals surface area contributed by atoms with Crippen LogP contribution in [-0.4, -0.2) is 49.4 Å². The number of rotatable bonds is 2. The van der Waals surface area contributed by atoms with Gasteiger partial charge < -0.3 is 16.7 Å². The van der Waals surface area contributed by atoms with Gasteiger partial charge in [0.1, 0.15) is 0 Å². The first kappa shape index (κ1) is 17.8. The Morgan fingerprint density at radius 2 is 1.87 bits per heavy atom. The summed E-state index contributed by atoms with van der Waals surface area (Å²) >= 11 is 0. The molecule has 0 unspecified atom stereocenters. The van der Waals surface area contributed by atoms with Crippen molar-refractivity contribution in [2.45, 2.75) is 12.8 Å². The molecule has 0 spiro atoms. The predicted octanol–water partition coefficient (Wildman–Crippen LogP) is 0.616. The third kappa shape index (κ3) is 5.35. The van der Waals surface area contributed by atoms with Crippen LogP contribution in [0.25, 0.3) is 0 Å². The van der Waals surface area contributed by atoms with Crippen molar-refractivity contribution in [1.82, 2.24) is 9.80 Å². The van der Waals surface area contributed by atoms with E-state index < -0.39 is 0 Å². The van der Waals surface area contributed by atoms with E-state index in [1.807, 2.05) is 7.05 Å². The molecule has 15 heavy (non-hydrogen) atoms. The predicted molar refractivity (Wildman–Crippen MR) is 53.2 cm³/mol. The average molecular weight is 301 g/mol. The molecular weight excluding hydrogens is 282 g/mol. The quantitative estimate of drug-likeness (QED) is 0.698. The van der Waals surface area contributed by atoms with E-state index in [0.29, 0.717) is 6.54 Å². The molecule has 0 saturated carbocycles. The van der Waals surface area contributed by atoms with Gasteiger partial charge in [-0.05, 0) is 33.0 Å². The van der Waals surface area contributed by atoms with Gasteiger partial charge in [0, 0.05) is 46.5 Å². The van der Waals surface area contributed by atoms with Crippen LogP contribution in [0.2, 0.25) is 0 Å². The van der Waals surface area contributed by atoms with Gasteiger partial charge in [-0.15, -0.1) is 6.54 Å². The van der Waals surface area contributed by atoms with Crippen LogP contribution in [0.15, 0.2) is 0 Å². The maximum Gasteiger partial charge on any atom is 0.223 e. The van der Waals surface area contributed by atoms with Gasteiger partial charge >= 0.3 is 0 Å². The molecule has 0 aromatic rings. The molecule has 1 aliphatic rings. The van der Waals surface area contributed by atoms with E-state index in [-0.39, 0.29) is 45.4 Å². The van der Waals surface area contributed by atoms with E-state index in [1.54, 1.807) is 4.90 Å². The zero-order valence-corrected chi connectivity index (χ0v) is 11.4. The minimum absolute atomic E-state index is 0. The Morgan fingerprint density at radius 3 is 2.27 bits per heavy atom. The number of hydrogen-bond donors (Lipinski definition) is 0. The Kier molecular flexibility index (Phi) is 10.2. The van der Waals surface area contributed by atoms with E-state index >= 15 is 0 Å². The molecule has 0 N–H and O–H groups in total. The van der Waals surface area contributed by atoms with Crippen LogP contribution in [0, 0.1) is 12.8 Å². The molecule has 0 atom stereocenters. The van der Waals surface area contributed by atoms with Gasteiger partial charge in [0.15, 0.2) is 0 Å². The van der Waals surface area contributed by atoms with E-state index in [2.05, 4.69) is 18.9 Å². The summed E-state index contributed by atoms with van der Waals surface area (Å²) in [4.78, 5) is 15.7. The normalized spacial score (nSPS) is 17.5. The van der Waals surface area contributed by atoms with Crippen molar-refractivity contribution >= 4 is 5.91 Å². The summed E-state index contributed by atoms with van der Waals surface area (Å²) in [7, 11) is 3.93. The number of nitrogens with zero attached hydrogens (tertiary/aromatic N) is 2. The number of likely N-dealkylation sites (tertiary alicyclic amines) is 1. The van der Waals surface area contributed by atoms with Crippen molar-refractivity contribution in [3.8, 4) is 0 Å². The topological polar surface area (TPSA) is 23.6 Å². The first-order valence-corrected chi connectivity index (χ1v) is 4.88. The Hall–Kier alpha value is 0.443. The number of carbonyl (C=O) groups is 1. The van der Waals surface area contributed by atoms with Gasteiger partial charge in [0.2, 0.25) is 5.91 Å². The zero-order valence-electron chi connectivity index (χ0n) is 9.29. The SMILES string of the molecule is [CH2-]CN(C)C(=O)C1CCN(C)CC1.[Co].[Co]. The minimum atomic E-state index is 0. The smallest absolute Gasteiger partial charge is 0.223 e. The van der Waals surface area contributed by atoms with E-state index in [9.17, 15) is 4.79 Å². The third-order valence-corrected chi connectivity index (χ3v) is 2.78. The Balaban J connectivity index is 0. The van der Waals surface area contributed by atoms with Crippen LogP contribution in [0.5, 0.6) is 0 Å². The second-order valence-corrected chi connectivity index (χ2v) is 3.84. The Labute approximate surface area is 113 Å². The third-order valence-electron chi connectivity index (χ3n) is 2.78. The summed E-state index contributed by atoms with van der Waals surface area (Å²) in [6, 6.07) is 0. The summed E-state index contributed by atoms with van der Waals surface area (Å²) < 4.78 is 0. The molecule has 2 radical (unpaired) electrons. The molecule has 5 heteroatoms. The second-order valence-electron chi connectivity index (χ2n) is 3.84. The fourth-order valence-electron chi connectivity index (χ4n) is 1.68. The molecule has 1 aliphatic heterocycles. The summed E-state index contributed by atoms with van der Waals surface area (Å²) in [6.45, 7) is 6.37. The molecule has 1 heterocycles. The van der Waals surface area contributed by atoms with E-state index in [4.69, 9.17) is 0 Å². The van der Waals surface area contributed by atoms with Crippen molar-refractivity contribution in [3.63, 3.8) is 0 Å². The van der Waals surface area contributed by atoms with Crippen LogP contribution in [0.4, 0.5) is 0 Å². The van der Waals surface area contributed by atoms with Crippen LogP contribution >= 0.6 is 0 Å². The van der Waals surface area contributed by atoms with Crippen LogP contribution in [-0.2, 0) is 38.4 Å². The molecule has 94 valence electrons. The number of carbonyl (C=O) groups excluding carboxylic acids is 1. The van der Waals surface area contributed by atoms with Crippen LogP contribution in [0.3, 0.4) is 0 Å². The maximum absolute atomic E-state index is 11.7. The molecule has 0 aromatic carbocycles. The number of amides is 1. The first-order valence-electron chi connectivity index (χ1n) is 4.88. The van der Waals surface area contributed by atoms with Gasteiger partial charge in [-0.2, -0.15) is 0 Å². The van der Waals surface area contributed by atoms with E-state index in [1.165, 1.54) is 0 Å². The van der Waals surface area contributed by atoms with Gasteiger partial charge in [-0.25, -0.2) is 0 Å². The summed E-state index contributed by atoms with van der Waals surface area (Å²) in [5.41, 5.74) is 0. The first-order chi connectivity index (χ1) is 6.15. The average Bonchev–Trinajstić information content (AvgIpc) is 2.17. The molecule has 0 aromatic heterocycles. The molecule has 1 saturated heterocycles. The molecule has 3 nitrogen and oxygen atoms in total. The van der Waals surface area contributed by atoms with Gasteiger partial charge in [0.05, 0.1) is 0 Å². The van der Waals surface area contributed by atoms with Crippen molar-refractivity contribution in [3.05, 3.63) is 6.92 Å². The summed E-state index contributed by atoms with van der Waals surface area (Å²) in [5.74, 6) is 0.506. The Morgan fingerprint density at radius 1 is 1.40 bits per heavy atom. The largest absolute Gasteiger partial charge is 0.376 e. The number of hydrogen-bond acceptors (Lipinski definition) is 2. The van der Waals surface area contributed by atoms with Crippen molar-refractivity contribution in [1.29, 1.82) is 0 Å². The molecule has 1 rings (SSSR count). The molecule has 0 bridgehead atoms. The molecular formula is C10H19Co2N2O-. The minimum Gasteiger partial charge on any atom is -0.376 e. The summed E-state index contributed by atoms with van der Waals surface area (Å²) in [6.07, 6.45) is 2.00. The van der Waals surface area contributed by atoms with Crippen LogP contribution in [0.1, 0.15) is 12.8 Å². The van der Waals surface area contributed by atoms with Gasteiger partial charge in [0.25, 0.3) is 0 Å². The zero-order chi connectivity index (χ0) is 9.84. The second kappa shape index (κ2) is 8.58. The van der Waals surface area contributed by atoms with Gasteiger partial charge in [-0.3, -0.25) is 4.79 Å². The van der Waals surface area contributed by atoms with Crippen molar-refractivity contribution in [2.24, 2.45) is 5.92 Å². The maximum atomic E-state index is 11.7. The van der Waals surface area contributed by atoms with Gasteiger partial charge in [-0.1, -0.05) is 0 Å². The van der Waals surface area contributed by atoms with Crippen molar-refractivity contribution < 1.29 is 38.4 Å². The Bertz CT molecular complexity index is 182. The van der Waals surface area contributed by atoms with Crippen LogP contribution < -0.4 is 0 Å². The van der Waals surface area contributed by atoms with E-state index in [0.717, 1.165) is 25.9 Å².